The lowest BCUT2D eigenvalue weighted by molar-refractivity contribution is 0.347. The lowest BCUT2D eigenvalue weighted by Crippen LogP contribution is -2.18. The van der Waals surface area contributed by atoms with Crippen LogP contribution in [0.2, 0.25) is 0 Å². The van der Waals surface area contributed by atoms with Crippen molar-refractivity contribution in [2.45, 2.75) is 11.8 Å². The van der Waals surface area contributed by atoms with Gasteiger partial charge in [0.1, 0.15) is 0 Å². The molecule has 0 fully saturated rings. The summed E-state index contributed by atoms with van der Waals surface area (Å²) in [6.07, 6.45) is 0. The molecule has 7 heteroatoms. The van der Waals surface area contributed by atoms with Crippen LogP contribution in [0.1, 0.15) is 6.92 Å². The third kappa shape index (κ3) is 2.36. The number of benzene rings is 1. The quantitative estimate of drug-likeness (QED) is 0.736. The maximum absolute atomic E-state index is 11.5. The Morgan fingerprint density at radius 3 is 2.07 bits per heavy atom. The van der Waals surface area contributed by atoms with Gasteiger partial charge < -0.3 is 0 Å². The fourth-order valence-electron chi connectivity index (χ4n) is 0.913. The minimum atomic E-state index is -4.59. The molecule has 0 aliphatic rings. The second kappa shape index (κ2) is 4.30. The van der Waals surface area contributed by atoms with Gasteiger partial charge in [0.05, 0.1) is 11.5 Å². The molecule has 0 aliphatic heterocycles. The van der Waals surface area contributed by atoms with E-state index in [1.165, 1.54) is 31.2 Å². The molecule has 0 aliphatic carbocycles. The first-order valence-electron chi connectivity index (χ1n) is 4.11. The van der Waals surface area contributed by atoms with E-state index >= 15 is 0 Å². The van der Waals surface area contributed by atoms with E-state index < -0.39 is 18.0 Å². The molecule has 0 atom stereocenters. The zero-order valence-electron chi connectivity index (χ0n) is 7.95. The molecule has 0 radical (unpaired) electrons. The van der Waals surface area contributed by atoms with Gasteiger partial charge in [-0.05, 0) is 19.1 Å². The van der Waals surface area contributed by atoms with Gasteiger partial charge in [0.25, 0.3) is 0 Å². The summed E-state index contributed by atoms with van der Waals surface area (Å²) in [5.74, 6) is 0. The molecule has 15 heavy (non-hydrogen) atoms. The molecule has 0 N–H and O–H groups in total. The Hall–Kier alpha value is -0.920. The highest BCUT2D eigenvalue weighted by molar-refractivity contribution is 8.65. The van der Waals surface area contributed by atoms with Gasteiger partial charge in [0.2, 0.25) is 0 Å². The highest BCUT2D eigenvalue weighted by Gasteiger charge is 2.32. The van der Waals surface area contributed by atoms with Crippen molar-refractivity contribution in [1.29, 1.82) is 0 Å². The summed E-state index contributed by atoms with van der Waals surface area (Å²) in [7, 11) is -9.04. The van der Waals surface area contributed by atoms with Crippen molar-refractivity contribution in [3.63, 3.8) is 0 Å². The Kier molecular flexibility index (Phi) is 3.48. The summed E-state index contributed by atoms with van der Waals surface area (Å²) < 4.78 is 49.8. The zero-order chi connectivity index (χ0) is 11.5. The van der Waals surface area contributed by atoms with Crippen LogP contribution in [0.4, 0.5) is 0 Å². The highest BCUT2D eigenvalue weighted by Crippen LogP contribution is 2.17. The highest BCUT2D eigenvalue weighted by atomic mass is 33.2. The SMILES string of the molecule is CCOS(=O)(=O)S(=O)(=O)c1ccccc1. The average Bonchev–Trinajstić information content (AvgIpc) is 2.19. The van der Waals surface area contributed by atoms with Crippen LogP contribution in [-0.2, 0) is 22.2 Å². The molecule has 0 saturated carbocycles. The Bertz CT molecular complexity index is 515. The summed E-state index contributed by atoms with van der Waals surface area (Å²) in [6, 6.07) is 6.87. The minimum absolute atomic E-state index is 0.214. The predicted molar refractivity (Wildman–Crippen MR) is 54.2 cm³/mol. The average molecular weight is 250 g/mol. The van der Waals surface area contributed by atoms with E-state index in [-0.39, 0.29) is 11.5 Å². The molecule has 1 aromatic rings. The molecular formula is C8H10O5S2. The van der Waals surface area contributed by atoms with Gasteiger partial charge in [-0.25, -0.2) is 8.42 Å². The zero-order valence-corrected chi connectivity index (χ0v) is 9.58. The van der Waals surface area contributed by atoms with Crippen LogP contribution in [-0.4, -0.2) is 23.4 Å². The van der Waals surface area contributed by atoms with E-state index in [2.05, 4.69) is 4.18 Å². The second-order valence-corrected chi connectivity index (χ2v) is 7.56. The van der Waals surface area contributed by atoms with Gasteiger partial charge in [0, 0.05) is 0 Å². The Balaban J connectivity index is 3.27. The van der Waals surface area contributed by atoms with Crippen LogP contribution in [0, 0.1) is 0 Å². The van der Waals surface area contributed by atoms with Gasteiger partial charge in [-0.2, -0.15) is 8.42 Å². The van der Waals surface area contributed by atoms with E-state index in [0.717, 1.165) is 0 Å². The first-order valence-corrected chi connectivity index (χ1v) is 7.52. The molecule has 0 aromatic heterocycles. The molecule has 0 amide bonds. The molecule has 0 bridgehead atoms. The summed E-state index contributed by atoms with van der Waals surface area (Å²) in [4.78, 5) is -0.293. The first-order chi connectivity index (χ1) is 6.92. The Morgan fingerprint density at radius 2 is 1.60 bits per heavy atom. The number of hydrogen-bond acceptors (Lipinski definition) is 5. The monoisotopic (exact) mass is 250 g/mol. The second-order valence-electron chi connectivity index (χ2n) is 2.58. The van der Waals surface area contributed by atoms with Gasteiger partial charge in [0.15, 0.2) is 0 Å². The van der Waals surface area contributed by atoms with Gasteiger partial charge in [-0.15, -0.1) is 0 Å². The topological polar surface area (TPSA) is 77.5 Å². The lowest BCUT2D eigenvalue weighted by atomic mass is 10.4. The fourth-order valence-corrected chi connectivity index (χ4v) is 3.76. The molecule has 5 nitrogen and oxygen atoms in total. The largest absolute Gasteiger partial charge is 0.379 e. The van der Waals surface area contributed by atoms with E-state index in [0.29, 0.717) is 0 Å². The smallest absolute Gasteiger partial charge is 0.258 e. The molecule has 1 aromatic carbocycles. The van der Waals surface area contributed by atoms with Crippen molar-refractivity contribution >= 4 is 18.0 Å². The van der Waals surface area contributed by atoms with E-state index in [9.17, 15) is 16.8 Å². The summed E-state index contributed by atoms with van der Waals surface area (Å²) in [5.41, 5.74) is 0. The van der Waals surface area contributed by atoms with Crippen LogP contribution < -0.4 is 0 Å². The minimum Gasteiger partial charge on any atom is -0.258 e. The maximum Gasteiger partial charge on any atom is 0.379 e. The summed E-state index contributed by atoms with van der Waals surface area (Å²) >= 11 is 0. The fraction of sp³-hybridized carbons (Fsp3) is 0.250. The number of hydrogen-bond donors (Lipinski definition) is 0. The molecule has 1 rings (SSSR count). The van der Waals surface area contributed by atoms with Crippen molar-refractivity contribution in [1.82, 2.24) is 0 Å². The van der Waals surface area contributed by atoms with Gasteiger partial charge in [-0.1, -0.05) is 18.2 Å². The van der Waals surface area contributed by atoms with Crippen LogP contribution in [0.5, 0.6) is 0 Å². The molecule has 84 valence electrons. The van der Waals surface area contributed by atoms with E-state index in [4.69, 9.17) is 0 Å². The lowest BCUT2D eigenvalue weighted by Gasteiger charge is -2.04. The van der Waals surface area contributed by atoms with Gasteiger partial charge in [-0.3, -0.25) is 4.18 Å². The molecule has 0 spiro atoms. The third-order valence-electron chi connectivity index (χ3n) is 1.56. The van der Waals surface area contributed by atoms with Crippen LogP contribution >= 0.6 is 0 Å². The maximum atomic E-state index is 11.5. The predicted octanol–water partition coefficient (Wildman–Crippen LogP) is 0.742. The third-order valence-corrected chi connectivity index (χ3v) is 5.95. The van der Waals surface area contributed by atoms with Crippen molar-refractivity contribution in [3.05, 3.63) is 30.3 Å². The van der Waals surface area contributed by atoms with E-state index in [1.807, 2.05) is 0 Å². The normalized spacial score (nSPS) is 12.6. The summed E-state index contributed by atoms with van der Waals surface area (Å²) in [6.45, 7) is 1.19. The Morgan fingerprint density at radius 1 is 1.07 bits per heavy atom. The molecule has 0 unspecified atom stereocenters. The van der Waals surface area contributed by atoms with Crippen molar-refractivity contribution in [2.24, 2.45) is 0 Å². The van der Waals surface area contributed by atoms with Crippen molar-refractivity contribution in [3.8, 4) is 0 Å². The van der Waals surface area contributed by atoms with Crippen LogP contribution in [0.25, 0.3) is 0 Å². The standard InChI is InChI=1S/C8H10O5S2/c1-2-13-15(11,12)14(9,10)8-6-4-3-5-7-8/h3-7H,2H2,1H3. The van der Waals surface area contributed by atoms with Crippen molar-refractivity contribution in [2.75, 3.05) is 6.61 Å². The first kappa shape index (κ1) is 12.2. The van der Waals surface area contributed by atoms with Crippen LogP contribution in [0.15, 0.2) is 35.2 Å². The Labute approximate surface area is 88.1 Å². The van der Waals surface area contributed by atoms with Gasteiger partial charge >= 0.3 is 18.0 Å². The molecular weight excluding hydrogens is 240 g/mol. The number of rotatable bonds is 4. The molecule has 0 saturated heterocycles. The molecule has 0 heterocycles. The van der Waals surface area contributed by atoms with Crippen LogP contribution in [0.3, 0.4) is 0 Å². The summed E-state index contributed by atoms with van der Waals surface area (Å²) in [5, 5.41) is 0. The van der Waals surface area contributed by atoms with Crippen molar-refractivity contribution < 1.29 is 21.0 Å². The van der Waals surface area contributed by atoms with E-state index in [1.54, 1.807) is 6.07 Å².